The number of rotatable bonds is 5. The van der Waals surface area contributed by atoms with Crippen LogP contribution in [0.5, 0.6) is 0 Å². The van der Waals surface area contributed by atoms with Crippen molar-refractivity contribution in [3.63, 3.8) is 0 Å². The Bertz CT molecular complexity index is 178. The SMILES string of the molecule is CC(=O)C(C)N(CCO)C1CCC1. The molecule has 1 aliphatic carbocycles. The summed E-state index contributed by atoms with van der Waals surface area (Å²) in [5.41, 5.74) is 0. The minimum atomic E-state index is -0.0301. The van der Waals surface area contributed by atoms with Gasteiger partial charge in [-0.05, 0) is 26.7 Å². The molecule has 1 saturated carbocycles. The number of aliphatic hydroxyl groups is 1. The molecule has 3 nitrogen and oxygen atoms in total. The molecular formula is C10H19NO2. The van der Waals surface area contributed by atoms with Crippen LogP contribution in [0.15, 0.2) is 0 Å². The summed E-state index contributed by atoms with van der Waals surface area (Å²) in [5.74, 6) is 0.195. The van der Waals surface area contributed by atoms with E-state index in [4.69, 9.17) is 5.11 Å². The van der Waals surface area contributed by atoms with E-state index in [9.17, 15) is 4.79 Å². The summed E-state index contributed by atoms with van der Waals surface area (Å²) in [7, 11) is 0. The maximum Gasteiger partial charge on any atom is 0.146 e. The van der Waals surface area contributed by atoms with Crippen LogP contribution >= 0.6 is 0 Å². The molecule has 0 aromatic rings. The van der Waals surface area contributed by atoms with E-state index in [1.165, 1.54) is 19.3 Å². The van der Waals surface area contributed by atoms with Crippen LogP contribution in [0.4, 0.5) is 0 Å². The number of carbonyl (C=O) groups is 1. The monoisotopic (exact) mass is 185 g/mol. The lowest BCUT2D eigenvalue weighted by molar-refractivity contribution is -0.123. The number of nitrogens with zero attached hydrogens (tertiary/aromatic N) is 1. The second kappa shape index (κ2) is 4.72. The van der Waals surface area contributed by atoms with Crippen molar-refractivity contribution in [2.45, 2.75) is 45.2 Å². The average molecular weight is 185 g/mol. The van der Waals surface area contributed by atoms with Gasteiger partial charge in [-0.1, -0.05) is 6.42 Å². The van der Waals surface area contributed by atoms with Crippen LogP contribution in [0.2, 0.25) is 0 Å². The van der Waals surface area contributed by atoms with E-state index in [1.807, 2.05) is 6.92 Å². The highest BCUT2D eigenvalue weighted by Crippen LogP contribution is 2.26. The number of Topliss-reactive ketones (excluding diaryl/α,β-unsaturated/α-hetero) is 1. The van der Waals surface area contributed by atoms with Gasteiger partial charge in [0.2, 0.25) is 0 Å². The second-order valence-corrected chi connectivity index (χ2v) is 3.83. The minimum Gasteiger partial charge on any atom is -0.395 e. The fourth-order valence-corrected chi connectivity index (χ4v) is 1.76. The molecule has 1 atom stereocenters. The van der Waals surface area contributed by atoms with Crippen LogP contribution in [-0.2, 0) is 4.79 Å². The summed E-state index contributed by atoms with van der Waals surface area (Å²) in [4.78, 5) is 13.3. The molecule has 0 heterocycles. The van der Waals surface area contributed by atoms with Gasteiger partial charge in [-0.3, -0.25) is 9.69 Å². The third-order valence-electron chi connectivity index (χ3n) is 2.99. The highest BCUT2D eigenvalue weighted by Gasteiger charge is 2.29. The van der Waals surface area contributed by atoms with Crippen molar-refractivity contribution in [1.82, 2.24) is 4.90 Å². The van der Waals surface area contributed by atoms with Crippen molar-refractivity contribution in [2.24, 2.45) is 0 Å². The number of carbonyl (C=O) groups excluding carboxylic acids is 1. The Labute approximate surface area is 79.7 Å². The van der Waals surface area contributed by atoms with Gasteiger partial charge in [0.15, 0.2) is 0 Å². The Morgan fingerprint density at radius 2 is 2.23 bits per heavy atom. The molecular weight excluding hydrogens is 166 g/mol. The second-order valence-electron chi connectivity index (χ2n) is 3.83. The number of hydrogen-bond donors (Lipinski definition) is 1. The highest BCUT2D eigenvalue weighted by molar-refractivity contribution is 5.81. The summed E-state index contributed by atoms with van der Waals surface area (Å²) < 4.78 is 0. The maximum absolute atomic E-state index is 11.2. The first-order valence-electron chi connectivity index (χ1n) is 5.04. The van der Waals surface area contributed by atoms with Gasteiger partial charge in [0, 0.05) is 12.6 Å². The largest absolute Gasteiger partial charge is 0.395 e. The Morgan fingerprint density at radius 1 is 1.62 bits per heavy atom. The summed E-state index contributed by atoms with van der Waals surface area (Å²) in [6.07, 6.45) is 3.62. The molecule has 0 radical (unpaired) electrons. The quantitative estimate of drug-likeness (QED) is 0.689. The molecule has 1 aliphatic rings. The fourth-order valence-electron chi connectivity index (χ4n) is 1.76. The van der Waals surface area contributed by atoms with Crippen LogP contribution in [0.1, 0.15) is 33.1 Å². The Morgan fingerprint density at radius 3 is 2.54 bits per heavy atom. The van der Waals surface area contributed by atoms with Crippen molar-refractivity contribution in [1.29, 1.82) is 0 Å². The summed E-state index contributed by atoms with van der Waals surface area (Å²) in [6, 6.07) is 0.503. The predicted octanol–water partition coefficient (Wildman–Crippen LogP) is 0.811. The van der Waals surface area contributed by atoms with Gasteiger partial charge in [-0.25, -0.2) is 0 Å². The molecule has 0 aliphatic heterocycles. The van der Waals surface area contributed by atoms with Crippen LogP contribution in [0, 0.1) is 0 Å². The van der Waals surface area contributed by atoms with Crippen molar-refractivity contribution >= 4 is 5.78 Å². The summed E-state index contributed by atoms with van der Waals surface area (Å²) in [5, 5.41) is 8.88. The molecule has 0 spiro atoms. The lowest BCUT2D eigenvalue weighted by Crippen LogP contribution is -2.49. The fraction of sp³-hybridized carbons (Fsp3) is 0.900. The first kappa shape index (κ1) is 10.7. The topological polar surface area (TPSA) is 40.5 Å². The van der Waals surface area contributed by atoms with Crippen LogP contribution in [-0.4, -0.2) is 41.0 Å². The highest BCUT2D eigenvalue weighted by atomic mass is 16.3. The normalized spacial score (nSPS) is 20.0. The van der Waals surface area contributed by atoms with Gasteiger partial charge in [-0.15, -0.1) is 0 Å². The molecule has 76 valence electrons. The van der Waals surface area contributed by atoms with E-state index < -0.39 is 0 Å². The lowest BCUT2D eigenvalue weighted by Gasteiger charge is -2.40. The maximum atomic E-state index is 11.2. The molecule has 1 unspecified atom stereocenters. The summed E-state index contributed by atoms with van der Waals surface area (Å²) >= 11 is 0. The third kappa shape index (κ3) is 2.51. The van der Waals surface area contributed by atoms with Crippen LogP contribution in [0.25, 0.3) is 0 Å². The molecule has 1 N–H and O–H groups in total. The zero-order valence-electron chi connectivity index (χ0n) is 8.49. The first-order valence-corrected chi connectivity index (χ1v) is 5.04. The van der Waals surface area contributed by atoms with E-state index in [0.29, 0.717) is 12.6 Å². The van der Waals surface area contributed by atoms with E-state index in [0.717, 1.165) is 0 Å². The molecule has 1 fully saturated rings. The Balaban J connectivity index is 2.49. The molecule has 1 rings (SSSR count). The molecule has 0 amide bonds. The van der Waals surface area contributed by atoms with Gasteiger partial charge in [0.05, 0.1) is 12.6 Å². The van der Waals surface area contributed by atoms with Crippen LogP contribution in [0.3, 0.4) is 0 Å². The first-order chi connectivity index (χ1) is 6.16. The number of aliphatic hydroxyl groups excluding tert-OH is 1. The molecule has 13 heavy (non-hydrogen) atoms. The molecule has 0 aromatic heterocycles. The van der Waals surface area contributed by atoms with E-state index in [2.05, 4.69) is 4.90 Å². The van der Waals surface area contributed by atoms with E-state index in [-0.39, 0.29) is 18.4 Å². The molecule has 0 bridgehead atoms. The molecule has 0 aromatic carbocycles. The third-order valence-corrected chi connectivity index (χ3v) is 2.99. The smallest absolute Gasteiger partial charge is 0.146 e. The molecule has 3 heteroatoms. The summed E-state index contributed by atoms with van der Waals surface area (Å²) in [6.45, 7) is 4.32. The van der Waals surface area contributed by atoms with Crippen molar-refractivity contribution in [2.75, 3.05) is 13.2 Å². The van der Waals surface area contributed by atoms with Gasteiger partial charge in [-0.2, -0.15) is 0 Å². The minimum absolute atomic E-state index is 0.0301. The lowest BCUT2D eigenvalue weighted by atomic mass is 9.90. The standard InChI is InChI=1S/C10H19NO2/c1-8(9(2)13)11(6-7-12)10-4-3-5-10/h8,10,12H,3-7H2,1-2H3. The van der Waals surface area contributed by atoms with Crippen molar-refractivity contribution < 1.29 is 9.90 Å². The number of hydrogen-bond acceptors (Lipinski definition) is 3. The van der Waals surface area contributed by atoms with Crippen molar-refractivity contribution in [3.05, 3.63) is 0 Å². The van der Waals surface area contributed by atoms with E-state index >= 15 is 0 Å². The predicted molar refractivity (Wildman–Crippen MR) is 51.6 cm³/mol. The zero-order valence-corrected chi connectivity index (χ0v) is 8.49. The average Bonchev–Trinajstić information content (AvgIpc) is 1.99. The zero-order chi connectivity index (χ0) is 9.84. The molecule has 0 saturated heterocycles. The van der Waals surface area contributed by atoms with Crippen molar-refractivity contribution in [3.8, 4) is 0 Å². The van der Waals surface area contributed by atoms with Crippen LogP contribution < -0.4 is 0 Å². The Hall–Kier alpha value is -0.410. The van der Waals surface area contributed by atoms with Gasteiger partial charge < -0.3 is 5.11 Å². The Kier molecular flexibility index (Phi) is 3.88. The van der Waals surface area contributed by atoms with Gasteiger partial charge in [0.25, 0.3) is 0 Å². The van der Waals surface area contributed by atoms with E-state index in [1.54, 1.807) is 6.92 Å². The van der Waals surface area contributed by atoms with Gasteiger partial charge >= 0.3 is 0 Å². The number of ketones is 1. The van der Waals surface area contributed by atoms with Gasteiger partial charge in [0.1, 0.15) is 5.78 Å².